The highest BCUT2D eigenvalue weighted by Crippen LogP contribution is 2.36. The molecule has 1 unspecified atom stereocenters. The zero-order valence-electron chi connectivity index (χ0n) is 12.6. The Bertz CT molecular complexity index is 625. The van der Waals surface area contributed by atoms with Crippen LogP contribution in [0.3, 0.4) is 0 Å². The second-order valence-corrected chi connectivity index (χ2v) is 5.91. The summed E-state index contributed by atoms with van der Waals surface area (Å²) >= 11 is 3.67. The van der Waals surface area contributed by atoms with Gasteiger partial charge in [-0.3, -0.25) is 0 Å². The van der Waals surface area contributed by atoms with E-state index in [0.29, 0.717) is 11.3 Å². The van der Waals surface area contributed by atoms with E-state index in [9.17, 15) is 4.39 Å². The van der Waals surface area contributed by atoms with Crippen LogP contribution in [0.4, 0.5) is 4.39 Å². The molecular weight excluding hydrogens is 331 g/mol. The number of halogens is 2. The van der Waals surface area contributed by atoms with E-state index in [4.69, 9.17) is 4.74 Å². The number of ether oxygens (including phenoxy) is 1. The lowest BCUT2D eigenvalue weighted by molar-refractivity contribution is 0.411. The van der Waals surface area contributed by atoms with Crippen LogP contribution in [0.1, 0.15) is 40.9 Å². The Labute approximate surface area is 134 Å². The van der Waals surface area contributed by atoms with Crippen LogP contribution in [0.2, 0.25) is 0 Å². The number of hydrogen-bond donors (Lipinski definition) is 0. The molecule has 0 heterocycles. The van der Waals surface area contributed by atoms with Crippen molar-refractivity contribution in [2.45, 2.75) is 31.5 Å². The topological polar surface area (TPSA) is 9.23 Å². The summed E-state index contributed by atoms with van der Waals surface area (Å²) in [5.41, 5.74) is 4.28. The SMILES string of the molecule is CCc1ccc(CC)c(C(Br)c2ccc(OC)cc2F)c1. The molecule has 2 rings (SSSR count). The van der Waals surface area contributed by atoms with E-state index in [1.165, 1.54) is 17.2 Å². The molecule has 3 heteroatoms. The molecule has 0 saturated heterocycles. The second-order valence-electron chi connectivity index (χ2n) is 4.99. The fourth-order valence-electron chi connectivity index (χ4n) is 2.43. The van der Waals surface area contributed by atoms with E-state index >= 15 is 0 Å². The lowest BCUT2D eigenvalue weighted by Crippen LogP contribution is -2.02. The highest BCUT2D eigenvalue weighted by Gasteiger charge is 2.18. The van der Waals surface area contributed by atoms with Gasteiger partial charge in [0.25, 0.3) is 0 Å². The Morgan fingerprint density at radius 1 is 1.05 bits per heavy atom. The van der Waals surface area contributed by atoms with Crippen molar-refractivity contribution in [1.29, 1.82) is 0 Å². The Balaban J connectivity index is 2.45. The number of alkyl halides is 1. The molecule has 21 heavy (non-hydrogen) atoms. The van der Waals surface area contributed by atoms with Gasteiger partial charge < -0.3 is 4.74 Å². The van der Waals surface area contributed by atoms with Crippen LogP contribution in [0.15, 0.2) is 36.4 Å². The summed E-state index contributed by atoms with van der Waals surface area (Å²) < 4.78 is 19.3. The fraction of sp³-hybridized carbons (Fsp3) is 0.333. The average molecular weight is 351 g/mol. The third-order valence-corrected chi connectivity index (χ3v) is 4.74. The minimum Gasteiger partial charge on any atom is -0.497 e. The fourth-order valence-corrected chi connectivity index (χ4v) is 3.23. The molecule has 1 nitrogen and oxygen atoms in total. The lowest BCUT2D eigenvalue weighted by atomic mass is 9.95. The monoisotopic (exact) mass is 350 g/mol. The maximum absolute atomic E-state index is 14.3. The summed E-state index contributed by atoms with van der Waals surface area (Å²) in [7, 11) is 1.54. The molecule has 0 N–H and O–H groups in total. The summed E-state index contributed by atoms with van der Waals surface area (Å²) in [4.78, 5) is -0.148. The summed E-state index contributed by atoms with van der Waals surface area (Å²) in [6, 6.07) is 11.5. The number of rotatable bonds is 5. The van der Waals surface area contributed by atoms with Crippen LogP contribution >= 0.6 is 15.9 Å². The largest absolute Gasteiger partial charge is 0.497 e. The first-order valence-electron chi connectivity index (χ1n) is 7.19. The Morgan fingerprint density at radius 3 is 2.38 bits per heavy atom. The van der Waals surface area contributed by atoms with Crippen molar-refractivity contribution in [3.05, 3.63) is 64.5 Å². The standard InChI is InChI=1S/C18H20BrFO/c1-4-12-6-7-13(5-2)16(10-12)18(19)15-9-8-14(21-3)11-17(15)20/h6-11,18H,4-5H2,1-3H3. The average Bonchev–Trinajstić information content (AvgIpc) is 2.53. The smallest absolute Gasteiger partial charge is 0.131 e. The van der Waals surface area contributed by atoms with Gasteiger partial charge in [0.1, 0.15) is 11.6 Å². The third kappa shape index (κ3) is 3.46. The molecule has 0 fully saturated rings. The van der Waals surface area contributed by atoms with Crippen LogP contribution in [-0.2, 0) is 12.8 Å². The van der Waals surface area contributed by atoms with Gasteiger partial charge in [-0.05, 0) is 35.6 Å². The van der Waals surface area contributed by atoms with E-state index in [2.05, 4.69) is 48.0 Å². The molecule has 0 saturated carbocycles. The van der Waals surface area contributed by atoms with E-state index in [0.717, 1.165) is 18.4 Å². The van der Waals surface area contributed by atoms with Gasteiger partial charge in [0, 0.05) is 11.6 Å². The maximum Gasteiger partial charge on any atom is 0.131 e. The van der Waals surface area contributed by atoms with Gasteiger partial charge in [-0.1, -0.05) is 54.0 Å². The van der Waals surface area contributed by atoms with Gasteiger partial charge in [-0.15, -0.1) is 0 Å². The minimum atomic E-state index is -0.250. The first-order chi connectivity index (χ1) is 10.1. The van der Waals surface area contributed by atoms with Crippen LogP contribution < -0.4 is 4.74 Å². The zero-order valence-corrected chi connectivity index (χ0v) is 14.2. The molecule has 0 spiro atoms. The highest BCUT2D eigenvalue weighted by atomic mass is 79.9. The van der Waals surface area contributed by atoms with E-state index in [-0.39, 0.29) is 10.6 Å². The molecule has 2 aromatic rings. The molecule has 2 aromatic carbocycles. The van der Waals surface area contributed by atoms with Gasteiger partial charge in [-0.25, -0.2) is 4.39 Å². The second kappa shape index (κ2) is 7.08. The Kier molecular flexibility index (Phi) is 5.40. The predicted molar refractivity (Wildman–Crippen MR) is 88.9 cm³/mol. The number of methoxy groups -OCH3 is 1. The molecule has 0 aliphatic carbocycles. The Hall–Kier alpha value is -1.35. The molecule has 0 amide bonds. The summed E-state index contributed by atoms with van der Waals surface area (Å²) in [6.45, 7) is 4.25. The predicted octanol–water partition coefficient (Wildman–Crippen LogP) is 5.44. The van der Waals surface area contributed by atoms with Crippen molar-refractivity contribution in [3.8, 4) is 5.75 Å². The van der Waals surface area contributed by atoms with Crippen LogP contribution in [0.5, 0.6) is 5.75 Å². The van der Waals surface area contributed by atoms with Crippen molar-refractivity contribution < 1.29 is 9.13 Å². The molecule has 1 atom stereocenters. The van der Waals surface area contributed by atoms with Crippen molar-refractivity contribution in [2.24, 2.45) is 0 Å². The molecule has 0 radical (unpaired) electrons. The van der Waals surface area contributed by atoms with Gasteiger partial charge in [-0.2, -0.15) is 0 Å². The lowest BCUT2D eigenvalue weighted by Gasteiger charge is -2.17. The molecule has 0 aliphatic heterocycles. The van der Waals surface area contributed by atoms with Gasteiger partial charge in [0.15, 0.2) is 0 Å². The number of hydrogen-bond acceptors (Lipinski definition) is 1. The van der Waals surface area contributed by atoms with Crippen LogP contribution in [-0.4, -0.2) is 7.11 Å². The van der Waals surface area contributed by atoms with Crippen LogP contribution in [0, 0.1) is 5.82 Å². The maximum atomic E-state index is 14.3. The first-order valence-corrected chi connectivity index (χ1v) is 8.11. The van der Waals surface area contributed by atoms with Crippen molar-refractivity contribution in [2.75, 3.05) is 7.11 Å². The number of aryl methyl sites for hydroxylation is 2. The van der Waals surface area contributed by atoms with Gasteiger partial charge in [0.2, 0.25) is 0 Å². The van der Waals surface area contributed by atoms with Gasteiger partial charge >= 0.3 is 0 Å². The van der Waals surface area contributed by atoms with E-state index in [1.54, 1.807) is 19.2 Å². The van der Waals surface area contributed by atoms with Crippen LogP contribution in [0.25, 0.3) is 0 Å². The van der Waals surface area contributed by atoms with Crippen molar-refractivity contribution >= 4 is 15.9 Å². The summed E-state index contributed by atoms with van der Waals surface area (Å²) in [6.07, 6.45) is 1.90. The van der Waals surface area contributed by atoms with Gasteiger partial charge in [0.05, 0.1) is 11.9 Å². The summed E-state index contributed by atoms with van der Waals surface area (Å²) in [5, 5.41) is 0. The van der Waals surface area contributed by atoms with E-state index < -0.39 is 0 Å². The van der Waals surface area contributed by atoms with E-state index in [1.807, 2.05) is 0 Å². The molecule has 112 valence electrons. The Morgan fingerprint density at radius 2 is 1.81 bits per heavy atom. The van der Waals surface area contributed by atoms with Crippen molar-refractivity contribution in [3.63, 3.8) is 0 Å². The number of benzene rings is 2. The zero-order chi connectivity index (χ0) is 15.4. The quantitative estimate of drug-likeness (QED) is 0.652. The molecule has 0 aromatic heterocycles. The molecule has 0 bridgehead atoms. The normalized spacial score (nSPS) is 12.2. The minimum absolute atomic E-state index is 0.148. The third-order valence-electron chi connectivity index (χ3n) is 3.75. The molecular formula is C18H20BrFO. The highest BCUT2D eigenvalue weighted by molar-refractivity contribution is 9.09. The molecule has 0 aliphatic rings. The summed E-state index contributed by atoms with van der Waals surface area (Å²) in [5.74, 6) is 0.286. The first kappa shape index (κ1) is 16.0. The van der Waals surface area contributed by atoms with Crippen molar-refractivity contribution in [1.82, 2.24) is 0 Å².